The number of rotatable bonds is 1. The Morgan fingerprint density at radius 3 is 1.19 bits per heavy atom. The summed E-state index contributed by atoms with van der Waals surface area (Å²) in [5, 5.41) is 12.7. The summed E-state index contributed by atoms with van der Waals surface area (Å²) < 4.78 is 53.5. The molecule has 1 aromatic heterocycles. The van der Waals surface area contributed by atoms with E-state index in [1.165, 1.54) is 115 Å². The molecule has 456 valence electrons. The van der Waals surface area contributed by atoms with E-state index in [0.29, 0.717) is 23.1 Å². The van der Waals surface area contributed by atoms with E-state index in [4.69, 9.17) is 14.2 Å². The number of aryl methyl sites for hydroxylation is 9. The molecule has 0 amide bonds. The molecule has 3 aliphatic rings. The van der Waals surface area contributed by atoms with Crippen molar-refractivity contribution in [3.63, 3.8) is 0 Å². The van der Waals surface area contributed by atoms with E-state index < -0.39 is 16.6 Å². The quantitative estimate of drug-likeness (QED) is 0.119. The highest BCUT2D eigenvalue weighted by Crippen LogP contribution is 2.27. The van der Waals surface area contributed by atoms with Gasteiger partial charge in [-0.3, -0.25) is 10.1 Å². The van der Waals surface area contributed by atoms with Gasteiger partial charge in [0.15, 0.2) is 6.29 Å². The molecule has 3 fully saturated rings. The van der Waals surface area contributed by atoms with Crippen molar-refractivity contribution in [1.29, 1.82) is 0 Å². The van der Waals surface area contributed by atoms with Gasteiger partial charge in [-0.1, -0.05) is 187 Å². The Morgan fingerprint density at radius 1 is 0.458 bits per heavy atom. The summed E-state index contributed by atoms with van der Waals surface area (Å²) in [6.45, 7) is 39.1. The molecule has 3 heterocycles. The lowest BCUT2D eigenvalue weighted by molar-refractivity contribution is -0.384. The molecule has 6 aromatic carbocycles. The van der Waals surface area contributed by atoms with Crippen LogP contribution in [0.5, 0.6) is 0 Å². The molecule has 1 saturated carbocycles. The summed E-state index contributed by atoms with van der Waals surface area (Å²) in [5.74, 6) is 3.18. The first-order chi connectivity index (χ1) is 39.2. The standard InChI is InChI=1S/C12H12.C8H8F2.C8H9F.C8H16.C8H10.C7H14O.C6H8N2.C6H5NO2.C6H12O2.C3H8/c1-9-3-5-12-8-10(2)4-6-11(12)7-9;1-5-3-7(9)6(2)8(10)4-5;1-6-3-4-7(2)8(9)5-6;2*1-7-3-5-8(2)6-4-7;1-6-3-4-7(2)8-5-6;1-5-3-7-6(2)8-4-5;8-7(9)6-4-2-1-3-5-6;1-5-3-7-6(2)8-4-5;1-3-2/h3-8H,1-2H3;3-4H,1-2H3;3-5H,1-2H3;7-8H,3-6H2,1-2H3;3-6H,1-2H3;6-7H,3-5H2,1-2H3;3-4H,1-2H3;1-5H;5-6H,3-4H2,1-2H3;3H2,1-2H3. The molecule has 1 aliphatic carbocycles. The zero-order chi connectivity index (χ0) is 62.4. The van der Waals surface area contributed by atoms with Gasteiger partial charge < -0.3 is 14.2 Å². The maximum atomic E-state index is 12.6. The fraction of sp³-hybridized carbons (Fsp3) is 0.472. The molecule has 2 aliphatic heterocycles. The summed E-state index contributed by atoms with van der Waals surface area (Å²) in [7, 11) is 0. The summed E-state index contributed by atoms with van der Waals surface area (Å²) in [4.78, 5) is 17.5. The molecule has 2 atom stereocenters. The Balaban J connectivity index is 0.000000465. The Morgan fingerprint density at radius 2 is 0.843 bits per heavy atom. The van der Waals surface area contributed by atoms with Crippen LogP contribution in [-0.2, 0) is 14.2 Å². The Bertz CT molecular complexity index is 2580. The van der Waals surface area contributed by atoms with Crippen molar-refractivity contribution < 1.29 is 32.3 Å². The van der Waals surface area contributed by atoms with Gasteiger partial charge in [0, 0.05) is 42.6 Å². The number of para-hydroxylation sites is 1. The molecular weight excluding hydrogens is 1040 g/mol. The number of ether oxygens (including phenoxy) is 3. The monoisotopic (exact) mass is 1150 g/mol. The molecule has 0 spiro atoms. The van der Waals surface area contributed by atoms with Gasteiger partial charge in [0.1, 0.15) is 23.3 Å². The number of nitro groups is 1. The van der Waals surface area contributed by atoms with E-state index in [2.05, 4.69) is 147 Å². The van der Waals surface area contributed by atoms with Crippen LogP contribution < -0.4 is 0 Å². The fourth-order valence-corrected chi connectivity index (χ4v) is 7.74. The van der Waals surface area contributed by atoms with Gasteiger partial charge in [0.25, 0.3) is 5.69 Å². The van der Waals surface area contributed by atoms with Crippen molar-refractivity contribution >= 4 is 16.5 Å². The third kappa shape index (κ3) is 36.1. The zero-order valence-corrected chi connectivity index (χ0v) is 53.8. The first-order valence-electron chi connectivity index (χ1n) is 29.7. The third-order valence-electron chi connectivity index (χ3n) is 13.3. The number of hydrogen-bond donors (Lipinski definition) is 0. The molecule has 83 heavy (non-hydrogen) atoms. The van der Waals surface area contributed by atoms with Crippen LogP contribution in [0.25, 0.3) is 10.8 Å². The highest BCUT2D eigenvalue weighted by molar-refractivity contribution is 5.83. The number of halogens is 3. The lowest BCUT2D eigenvalue weighted by atomic mass is 9.84. The minimum absolute atomic E-state index is 0.0196. The van der Waals surface area contributed by atoms with Crippen LogP contribution in [0, 0.1) is 120 Å². The Hall–Kier alpha value is -6.27. The molecule has 2 saturated heterocycles. The van der Waals surface area contributed by atoms with E-state index in [1.807, 2.05) is 46.2 Å². The number of nitrogens with zero attached hydrogens (tertiary/aromatic N) is 3. The number of non-ortho nitro benzene ring substituents is 1. The van der Waals surface area contributed by atoms with Crippen LogP contribution in [0.3, 0.4) is 0 Å². The Labute approximate surface area is 499 Å². The highest BCUT2D eigenvalue weighted by atomic mass is 19.1. The Kier molecular flexibility index (Phi) is 38.3. The van der Waals surface area contributed by atoms with Gasteiger partial charge in [0.05, 0.1) is 24.2 Å². The van der Waals surface area contributed by atoms with Crippen LogP contribution in [0.2, 0.25) is 0 Å². The van der Waals surface area contributed by atoms with Gasteiger partial charge in [-0.2, -0.15) is 0 Å². The van der Waals surface area contributed by atoms with Gasteiger partial charge in [0.2, 0.25) is 0 Å². The molecule has 0 N–H and O–H groups in total. The number of aromatic nitrogens is 2. The fourth-order valence-electron chi connectivity index (χ4n) is 7.74. The van der Waals surface area contributed by atoms with Gasteiger partial charge in [-0.25, -0.2) is 23.1 Å². The van der Waals surface area contributed by atoms with Crippen molar-refractivity contribution in [2.24, 2.45) is 23.7 Å². The van der Waals surface area contributed by atoms with Gasteiger partial charge in [-0.15, -0.1) is 0 Å². The zero-order valence-electron chi connectivity index (χ0n) is 53.8. The van der Waals surface area contributed by atoms with Crippen molar-refractivity contribution in [2.45, 2.75) is 182 Å². The second-order valence-corrected chi connectivity index (χ2v) is 22.8. The SMILES string of the molecule is CC1CCC(C)CC1.CC1CCC(C)OC1.CC1COC(C)OC1.CCC.Cc1cc(F)c(C)c(F)c1.Cc1ccc(C)c(F)c1.Cc1ccc(C)cc1.Cc1ccc2cc(C)ccc2c1.Cc1cnc(C)nc1.O=[N+]([O-])c1ccccc1. The number of hydrogen-bond acceptors (Lipinski definition) is 7. The summed E-state index contributed by atoms with van der Waals surface area (Å²) in [5.41, 5.74) is 8.93. The molecule has 10 rings (SSSR count). The number of benzene rings is 6. The van der Waals surface area contributed by atoms with Crippen molar-refractivity contribution in [3.8, 4) is 0 Å². The van der Waals surface area contributed by atoms with E-state index >= 15 is 0 Å². The van der Waals surface area contributed by atoms with E-state index in [9.17, 15) is 23.3 Å². The molecule has 0 radical (unpaired) electrons. The molecule has 2 unspecified atom stereocenters. The summed E-state index contributed by atoms with van der Waals surface area (Å²) in [6.07, 6.45) is 13.9. The lowest BCUT2D eigenvalue weighted by Gasteiger charge is -2.24. The van der Waals surface area contributed by atoms with Gasteiger partial charge in [-0.05, 0) is 165 Å². The van der Waals surface area contributed by atoms with Crippen LogP contribution in [-0.4, -0.2) is 47.1 Å². The largest absolute Gasteiger partial charge is 0.378 e. The third-order valence-corrected chi connectivity index (χ3v) is 13.3. The van der Waals surface area contributed by atoms with Crippen molar-refractivity contribution in [2.75, 3.05) is 19.8 Å². The minimum atomic E-state index is -0.475. The maximum Gasteiger partial charge on any atom is 0.269 e. The summed E-state index contributed by atoms with van der Waals surface area (Å²) in [6, 6.07) is 37.4. The first kappa shape index (κ1) is 74.7. The molecule has 0 bridgehead atoms. The molecule has 7 aromatic rings. The number of fused-ring (bicyclic) bond motifs is 1. The van der Waals surface area contributed by atoms with Crippen LogP contribution in [0.15, 0.2) is 134 Å². The molecule has 11 heteroatoms. The number of nitro benzene ring substituents is 1. The smallest absolute Gasteiger partial charge is 0.269 e. The maximum absolute atomic E-state index is 12.6. The van der Waals surface area contributed by atoms with E-state index in [0.717, 1.165) is 54.5 Å². The van der Waals surface area contributed by atoms with Crippen molar-refractivity contribution in [1.82, 2.24) is 9.97 Å². The van der Waals surface area contributed by atoms with Crippen LogP contribution in [0.4, 0.5) is 18.9 Å². The topological polar surface area (TPSA) is 96.6 Å². The predicted molar refractivity (Wildman–Crippen MR) is 343 cm³/mol. The van der Waals surface area contributed by atoms with E-state index in [-0.39, 0.29) is 23.4 Å². The predicted octanol–water partition coefficient (Wildman–Crippen LogP) is 20.6. The van der Waals surface area contributed by atoms with Crippen LogP contribution in [0.1, 0.15) is 156 Å². The lowest BCUT2D eigenvalue weighted by Crippen LogP contribution is -2.27. The van der Waals surface area contributed by atoms with Gasteiger partial charge >= 0.3 is 0 Å². The highest BCUT2D eigenvalue weighted by Gasteiger charge is 2.15. The average molecular weight is 1150 g/mol. The normalized spacial score (nSPS) is 18.2. The molecule has 8 nitrogen and oxygen atoms in total. The van der Waals surface area contributed by atoms with Crippen molar-refractivity contribution in [3.05, 3.63) is 217 Å². The van der Waals surface area contributed by atoms with Crippen LogP contribution >= 0.6 is 0 Å². The second kappa shape index (κ2) is 42.5. The average Bonchev–Trinajstić information content (AvgIpc) is 3.48. The minimum Gasteiger partial charge on any atom is -0.378 e. The van der Waals surface area contributed by atoms with E-state index in [1.54, 1.807) is 38.1 Å². The first-order valence-corrected chi connectivity index (χ1v) is 29.7. The molecular formula is C72H102F3N3O5. The second-order valence-electron chi connectivity index (χ2n) is 22.8. The summed E-state index contributed by atoms with van der Waals surface area (Å²) >= 11 is 0.